The average molecular weight is 700 g/mol. The maximum absolute atomic E-state index is 10.8. The summed E-state index contributed by atoms with van der Waals surface area (Å²) >= 11 is 0. The minimum absolute atomic E-state index is 0.579. The molecule has 0 unspecified atom stereocenters. The number of aromatic nitrogens is 3. The van der Waals surface area contributed by atoms with E-state index in [1.54, 1.807) is 0 Å². The van der Waals surface area contributed by atoms with Crippen molar-refractivity contribution in [3.8, 4) is 40.3 Å². The van der Waals surface area contributed by atoms with Crippen molar-refractivity contribution in [1.29, 1.82) is 10.5 Å². The second kappa shape index (κ2) is 11.8. The van der Waals surface area contributed by atoms with Crippen LogP contribution in [0.3, 0.4) is 0 Å². The fourth-order valence-electron chi connectivity index (χ4n) is 8.76. The molecular weight excluding hydrogens is 671 g/mol. The SMILES string of the molecule is N#Cc1ccc2c3ccccc3n(-c3ccccc3-c3ccc(-n4c5ccccc5c5cc(-n6c7ccccc7c7ccccc76)ccc54)c(C#N)c3)c2c1. The zero-order valence-electron chi connectivity index (χ0n) is 29.5. The van der Waals surface area contributed by atoms with Gasteiger partial charge in [0.1, 0.15) is 6.07 Å². The molecule has 0 saturated carbocycles. The van der Waals surface area contributed by atoms with Crippen molar-refractivity contribution in [2.75, 3.05) is 0 Å². The summed E-state index contributed by atoms with van der Waals surface area (Å²) in [6.07, 6.45) is 0. The normalized spacial score (nSPS) is 11.6. The molecule has 5 nitrogen and oxygen atoms in total. The second-order valence-corrected chi connectivity index (χ2v) is 14.0. The van der Waals surface area contributed by atoms with Gasteiger partial charge in [0.25, 0.3) is 0 Å². The number of hydrogen-bond acceptors (Lipinski definition) is 2. The minimum atomic E-state index is 0.579. The standard InChI is InChI=1S/C50H29N5/c51-30-32-21-24-41-39-14-4-9-19-47(39)55(50(41)27-32)44-16-6-1-11-36(44)33-22-25-43(34(28-33)31-52)54-48-20-10-5-15-40(48)42-29-35(23-26-49(42)54)53-45-17-7-2-12-37(45)38-13-3-8-18-46(38)53/h1-29H. The molecule has 0 aliphatic rings. The Kier molecular flexibility index (Phi) is 6.61. The number of fused-ring (bicyclic) bond motifs is 9. The lowest BCUT2D eigenvalue weighted by atomic mass is 10.00. The third kappa shape index (κ3) is 4.45. The van der Waals surface area contributed by atoms with Crippen molar-refractivity contribution >= 4 is 65.4 Å². The molecule has 0 atom stereocenters. The van der Waals surface area contributed by atoms with E-state index in [1.807, 2.05) is 48.5 Å². The zero-order chi connectivity index (χ0) is 36.6. The molecule has 0 radical (unpaired) electrons. The van der Waals surface area contributed by atoms with Crippen LogP contribution in [0, 0.1) is 22.7 Å². The van der Waals surface area contributed by atoms with E-state index in [2.05, 4.69) is 153 Å². The number of hydrogen-bond donors (Lipinski definition) is 0. The highest BCUT2D eigenvalue weighted by Gasteiger charge is 2.20. The van der Waals surface area contributed by atoms with E-state index in [0.717, 1.165) is 71.8 Å². The number of benzene rings is 8. The van der Waals surface area contributed by atoms with Crippen molar-refractivity contribution in [2.24, 2.45) is 0 Å². The van der Waals surface area contributed by atoms with Gasteiger partial charge in [-0.05, 0) is 78.4 Å². The predicted molar refractivity (Wildman–Crippen MR) is 224 cm³/mol. The molecule has 0 aliphatic heterocycles. The first-order chi connectivity index (χ1) is 27.2. The fourth-order valence-corrected chi connectivity index (χ4v) is 8.76. The average Bonchev–Trinajstić information content (AvgIpc) is 3.88. The van der Waals surface area contributed by atoms with Gasteiger partial charge in [-0.1, -0.05) is 103 Å². The van der Waals surface area contributed by atoms with Crippen molar-refractivity contribution in [3.63, 3.8) is 0 Å². The van der Waals surface area contributed by atoms with E-state index in [1.165, 1.54) is 21.8 Å². The Hall–Kier alpha value is -7.86. The van der Waals surface area contributed by atoms with Crippen LogP contribution < -0.4 is 0 Å². The Bertz CT molecular complexity index is 3420. The van der Waals surface area contributed by atoms with Crippen molar-refractivity contribution in [2.45, 2.75) is 0 Å². The molecule has 11 aromatic rings. The summed E-state index contributed by atoms with van der Waals surface area (Å²) in [6, 6.07) is 65.9. The number of nitriles is 2. The minimum Gasteiger partial charge on any atom is -0.309 e. The lowest BCUT2D eigenvalue weighted by Gasteiger charge is -2.16. The van der Waals surface area contributed by atoms with Gasteiger partial charge in [0, 0.05) is 43.6 Å². The maximum Gasteiger partial charge on any atom is 0.101 e. The van der Waals surface area contributed by atoms with E-state index in [0.29, 0.717) is 11.1 Å². The molecule has 0 amide bonds. The lowest BCUT2D eigenvalue weighted by Crippen LogP contribution is -2.00. The number of para-hydroxylation sites is 5. The third-order valence-electron chi connectivity index (χ3n) is 11.1. The van der Waals surface area contributed by atoms with E-state index >= 15 is 0 Å². The summed E-state index contributed by atoms with van der Waals surface area (Å²) in [5.74, 6) is 0. The van der Waals surface area contributed by atoms with E-state index in [-0.39, 0.29) is 0 Å². The Morgan fingerprint density at radius 3 is 1.51 bits per heavy atom. The predicted octanol–water partition coefficient (Wildman–Crippen LogP) is 12.4. The van der Waals surface area contributed by atoms with Crippen LogP contribution in [0.5, 0.6) is 0 Å². The highest BCUT2D eigenvalue weighted by atomic mass is 15.0. The first kappa shape index (κ1) is 30.7. The first-order valence-corrected chi connectivity index (χ1v) is 18.3. The molecule has 0 fully saturated rings. The summed E-state index contributed by atoms with van der Waals surface area (Å²) in [6.45, 7) is 0. The summed E-state index contributed by atoms with van der Waals surface area (Å²) in [5.41, 5.74) is 12.5. The van der Waals surface area contributed by atoms with E-state index in [4.69, 9.17) is 0 Å². The van der Waals surface area contributed by atoms with Gasteiger partial charge in [0.2, 0.25) is 0 Å². The van der Waals surface area contributed by atoms with Gasteiger partial charge in [-0.2, -0.15) is 10.5 Å². The van der Waals surface area contributed by atoms with E-state index in [9.17, 15) is 10.5 Å². The molecule has 0 N–H and O–H groups in total. The second-order valence-electron chi connectivity index (χ2n) is 14.0. The highest BCUT2D eigenvalue weighted by molar-refractivity contribution is 6.13. The Morgan fingerprint density at radius 1 is 0.345 bits per heavy atom. The number of rotatable bonds is 4. The van der Waals surface area contributed by atoms with Gasteiger partial charge < -0.3 is 13.7 Å². The quantitative estimate of drug-likeness (QED) is 0.184. The van der Waals surface area contributed by atoms with Gasteiger partial charge in [-0.15, -0.1) is 0 Å². The summed E-state index contributed by atoms with van der Waals surface area (Å²) < 4.78 is 6.81. The lowest BCUT2D eigenvalue weighted by molar-refractivity contribution is 1.15. The van der Waals surface area contributed by atoms with Crippen LogP contribution in [0.1, 0.15) is 11.1 Å². The van der Waals surface area contributed by atoms with Crippen LogP contribution in [-0.2, 0) is 0 Å². The van der Waals surface area contributed by atoms with Crippen molar-refractivity contribution in [1.82, 2.24) is 13.7 Å². The largest absolute Gasteiger partial charge is 0.309 e. The Labute approximate surface area is 316 Å². The molecular formula is C50H29N5. The van der Waals surface area contributed by atoms with Gasteiger partial charge in [0.05, 0.1) is 61.7 Å². The molecule has 11 rings (SSSR count). The smallest absolute Gasteiger partial charge is 0.101 e. The van der Waals surface area contributed by atoms with Crippen molar-refractivity contribution in [3.05, 3.63) is 187 Å². The molecule has 0 bridgehead atoms. The monoisotopic (exact) mass is 699 g/mol. The molecule has 0 aliphatic carbocycles. The van der Waals surface area contributed by atoms with Gasteiger partial charge in [-0.25, -0.2) is 0 Å². The van der Waals surface area contributed by atoms with Crippen LogP contribution in [0.2, 0.25) is 0 Å². The molecule has 3 aromatic heterocycles. The molecule has 0 saturated heterocycles. The zero-order valence-corrected chi connectivity index (χ0v) is 29.5. The van der Waals surface area contributed by atoms with Crippen LogP contribution in [0.25, 0.3) is 93.6 Å². The van der Waals surface area contributed by atoms with Gasteiger partial charge in [0.15, 0.2) is 0 Å². The van der Waals surface area contributed by atoms with Crippen LogP contribution in [-0.4, -0.2) is 13.7 Å². The fraction of sp³-hybridized carbons (Fsp3) is 0. The third-order valence-corrected chi connectivity index (χ3v) is 11.1. The Balaban J connectivity index is 1.10. The molecule has 8 aromatic carbocycles. The summed E-state index contributed by atoms with van der Waals surface area (Å²) in [5, 5.41) is 27.5. The topological polar surface area (TPSA) is 62.4 Å². The van der Waals surface area contributed by atoms with Crippen LogP contribution >= 0.6 is 0 Å². The van der Waals surface area contributed by atoms with Gasteiger partial charge >= 0.3 is 0 Å². The Morgan fingerprint density at radius 2 is 0.873 bits per heavy atom. The maximum atomic E-state index is 10.8. The van der Waals surface area contributed by atoms with E-state index < -0.39 is 0 Å². The molecule has 55 heavy (non-hydrogen) atoms. The van der Waals surface area contributed by atoms with Gasteiger partial charge in [-0.3, -0.25) is 0 Å². The van der Waals surface area contributed by atoms with Crippen LogP contribution in [0.15, 0.2) is 176 Å². The summed E-state index contributed by atoms with van der Waals surface area (Å²) in [7, 11) is 0. The highest BCUT2D eigenvalue weighted by Crippen LogP contribution is 2.40. The molecule has 0 spiro atoms. The van der Waals surface area contributed by atoms with Crippen molar-refractivity contribution < 1.29 is 0 Å². The molecule has 3 heterocycles. The molecule has 5 heteroatoms. The van der Waals surface area contributed by atoms with Crippen LogP contribution in [0.4, 0.5) is 0 Å². The number of nitrogens with zero attached hydrogens (tertiary/aromatic N) is 5. The summed E-state index contributed by atoms with van der Waals surface area (Å²) in [4.78, 5) is 0. The first-order valence-electron chi connectivity index (χ1n) is 18.3. The molecule has 254 valence electrons.